The van der Waals surface area contributed by atoms with Crippen LogP contribution in [-0.2, 0) is 16.1 Å². The van der Waals surface area contributed by atoms with Gasteiger partial charge < -0.3 is 19.3 Å². The molecule has 1 aromatic rings. The van der Waals surface area contributed by atoms with E-state index < -0.39 is 0 Å². The minimum absolute atomic E-state index is 0.0825. The van der Waals surface area contributed by atoms with Crippen LogP contribution in [0.15, 0.2) is 18.2 Å². The molecule has 0 saturated carbocycles. The third kappa shape index (κ3) is 3.86. The van der Waals surface area contributed by atoms with Crippen LogP contribution in [0.3, 0.4) is 0 Å². The average molecular weight is 359 g/mol. The highest BCUT2D eigenvalue weighted by Gasteiger charge is 2.45. The number of aryl methyl sites for hydroxylation is 1. The molecule has 4 heterocycles. The molecule has 4 rings (SSSR count). The van der Waals surface area contributed by atoms with E-state index in [-0.39, 0.29) is 17.7 Å². The zero-order chi connectivity index (χ0) is 18.0. The minimum atomic E-state index is -0.224. The second-order valence-electron chi connectivity index (χ2n) is 7.90. The molecule has 3 aliphatic heterocycles. The van der Waals surface area contributed by atoms with Gasteiger partial charge in [-0.25, -0.2) is 4.79 Å². The van der Waals surface area contributed by atoms with Gasteiger partial charge in [0.2, 0.25) is 0 Å². The summed E-state index contributed by atoms with van der Waals surface area (Å²) < 4.78 is 12.3. The number of carbonyl (C=O) groups is 1. The summed E-state index contributed by atoms with van der Waals surface area (Å²) >= 11 is 0. The average Bonchev–Trinajstić information content (AvgIpc) is 3.30. The molecule has 0 radical (unpaired) electrons. The van der Waals surface area contributed by atoms with Crippen LogP contribution in [0.25, 0.3) is 0 Å². The summed E-state index contributed by atoms with van der Waals surface area (Å²) in [6.45, 7) is 6.46. The monoisotopic (exact) mass is 359 g/mol. The van der Waals surface area contributed by atoms with Crippen LogP contribution in [0, 0.1) is 6.92 Å². The van der Waals surface area contributed by atoms with Crippen LogP contribution >= 0.6 is 0 Å². The van der Waals surface area contributed by atoms with Gasteiger partial charge in [0, 0.05) is 31.7 Å². The molecule has 1 aromatic heterocycles. The molecule has 1 spiro atoms. The van der Waals surface area contributed by atoms with Gasteiger partial charge in [-0.15, -0.1) is 0 Å². The zero-order valence-corrected chi connectivity index (χ0v) is 15.7. The van der Waals surface area contributed by atoms with Gasteiger partial charge >= 0.3 is 6.03 Å². The molecule has 6 nitrogen and oxygen atoms in total. The van der Waals surface area contributed by atoms with E-state index in [0.717, 1.165) is 63.1 Å². The van der Waals surface area contributed by atoms with Crippen molar-refractivity contribution in [1.29, 1.82) is 0 Å². The highest BCUT2D eigenvalue weighted by molar-refractivity contribution is 5.75. The number of rotatable bonds is 3. The molecule has 26 heavy (non-hydrogen) atoms. The molecule has 3 fully saturated rings. The lowest BCUT2D eigenvalue weighted by molar-refractivity contribution is -0.0456. The number of amides is 2. The summed E-state index contributed by atoms with van der Waals surface area (Å²) in [4.78, 5) is 21.2. The summed E-state index contributed by atoms with van der Waals surface area (Å²) in [6, 6.07) is 6.19. The van der Waals surface area contributed by atoms with E-state index in [1.807, 2.05) is 34.9 Å². The number of likely N-dealkylation sites (tertiary alicyclic amines) is 2. The van der Waals surface area contributed by atoms with Crippen LogP contribution in [0.1, 0.15) is 43.5 Å². The first-order chi connectivity index (χ1) is 12.6. The van der Waals surface area contributed by atoms with Crippen molar-refractivity contribution in [2.75, 3.05) is 32.8 Å². The number of pyridine rings is 1. The molecule has 6 heteroatoms. The van der Waals surface area contributed by atoms with Gasteiger partial charge in [0.1, 0.15) is 0 Å². The van der Waals surface area contributed by atoms with Crippen LogP contribution in [0.2, 0.25) is 0 Å². The van der Waals surface area contributed by atoms with E-state index in [0.29, 0.717) is 19.8 Å². The van der Waals surface area contributed by atoms with E-state index in [1.165, 1.54) is 0 Å². The van der Waals surface area contributed by atoms with Crippen molar-refractivity contribution in [1.82, 2.24) is 14.8 Å². The van der Waals surface area contributed by atoms with Crippen molar-refractivity contribution in [2.45, 2.75) is 57.3 Å². The lowest BCUT2D eigenvalue weighted by Crippen LogP contribution is -2.53. The van der Waals surface area contributed by atoms with Crippen molar-refractivity contribution >= 4 is 6.03 Å². The largest absolute Gasteiger partial charge is 0.370 e. The smallest absolute Gasteiger partial charge is 0.320 e. The first-order valence-corrected chi connectivity index (χ1v) is 9.86. The standard InChI is InChI=1S/C20H29N3O3/c1-16-6-4-7-17(21-16)13-25-18-12-20(26-14-18)8-5-11-23(15-20)19(24)22-9-2-3-10-22/h4,6-7,18H,2-3,5,8-15H2,1H3/t18-,20-/m1/s1. The maximum atomic E-state index is 12.7. The van der Waals surface area contributed by atoms with Gasteiger partial charge in [-0.3, -0.25) is 4.98 Å². The number of hydrogen-bond donors (Lipinski definition) is 0. The van der Waals surface area contributed by atoms with E-state index >= 15 is 0 Å². The fraction of sp³-hybridized carbons (Fsp3) is 0.700. The number of piperidine rings is 1. The van der Waals surface area contributed by atoms with Crippen molar-refractivity contribution < 1.29 is 14.3 Å². The molecule has 3 saturated heterocycles. The predicted octanol–water partition coefficient (Wildman–Crippen LogP) is 2.75. The molecule has 0 aromatic carbocycles. The SMILES string of the molecule is Cc1cccc(CO[C@H]2CO[C@]3(CCCN(C(=O)N4CCCC4)C3)C2)n1. The van der Waals surface area contributed by atoms with Gasteiger partial charge in [-0.1, -0.05) is 6.07 Å². The third-order valence-corrected chi connectivity index (χ3v) is 5.77. The Kier molecular flexibility index (Phi) is 5.14. The molecule has 2 amide bonds. The van der Waals surface area contributed by atoms with Gasteiger partial charge in [0.15, 0.2) is 0 Å². The highest BCUT2D eigenvalue weighted by Crippen LogP contribution is 2.36. The summed E-state index contributed by atoms with van der Waals surface area (Å²) in [5.74, 6) is 0. The number of urea groups is 1. The second kappa shape index (κ2) is 7.53. The Morgan fingerprint density at radius 3 is 2.88 bits per heavy atom. The summed E-state index contributed by atoms with van der Waals surface area (Å²) in [5.41, 5.74) is 1.74. The number of carbonyl (C=O) groups excluding carboxylic acids is 1. The Hall–Kier alpha value is -1.66. The van der Waals surface area contributed by atoms with E-state index in [1.54, 1.807) is 0 Å². The lowest BCUT2D eigenvalue weighted by Gasteiger charge is -2.41. The first kappa shape index (κ1) is 17.7. The van der Waals surface area contributed by atoms with Crippen LogP contribution in [0.4, 0.5) is 4.79 Å². The molecule has 0 bridgehead atoms. The molecular formula is C20H29N3O3. The van der Waals surface area contributed by atoms with Crippen molar-refractivity contribution in [3.63, 3.8) is 0 Å². The normalized spacial score (nSPS) is 28.9. The topological polar surface area (TPSA) is 54.9 Å². The molecule has 3 aliphatic rings. The number of hydrogen-bond acceptors (Lipinski definition) is 4. The summed E-state index contributed by atoms with van der Waals surface area (Å²) in [5, 5.41) is 0. The third-order valence-electron chi connectivity index (χ3n) is 5.77. The minimum Gasteiger partial charge on any atom is -0.370 e. The van der Waals surface area contributed by atoms with Crippen LogP contribution < -0.4 is 0 Å². The van der Waals surface area contributed by atoms with E-state index in [9.17, 15) is 4.79 Å². The fourth-order valence-electron chi connectivity index (χ4n) is 4.45. The molecule has 0 aliphatic carbocycles. The Morgan fingerprint density at radius 2 is 2.08 bits per heavy atom. The molecule has 2 atom stereocenters. The molecular weight excluding hydrogens is 330 g/mol. The fourth-order valence-corrected chi connectivity index (χ4v) is 4.45. The van der Waals surface area contributed by atoms with Gasteiger partial charge in [0.05, 0.1) is 37.2 Å². The maximum absolute atomic E-state index is 12.7. The Labute approximate surface area is 155 Å². The highest BCUT2D eigenvalue weighted by atomic mass is 16.6. The number of aromatic nitrogens is 1. The summed E-state index contributed by atoms with van der Waals surface area (Å²) in [7, 11) is 0. The lowest BCUT2D eigenvalue weighted by atomic mass is 9.89. The van der Waals surface area contributed by atoms with E-state index in [2.05, 4.69) is 4.98 Å². The Balaban J connectivity index is 1.32. The molecule has 0 N–H and O–H groups in total. The van der Waals surface area contributed by atoms with Gasteiger partial charge in [-0.2, -0.15) is 0 Å². The van der Waals surface area contributed by atoms with Gasteiger partial charge in [-0.05, 0) is 44.7 Å². The second-order valence-corrected chi connectivity index (χ2v) is 7.90. The number of nitrogens with zero attached hydrogens (tertiary/aromatic N) is 3. The summed E-state index contributed by atoms with van der Waals surface area (Å²) in [6.07, 6.45) is 5.22. The van der Waals surface area contributed by atoms with Gasteiger partial charge in [0.25, 0.3) is 0 Å². The van der Waals surface area contributed by atoms with Crippen molar-refractivity contribution in [3.8, 4) is 0 Å². The first-order valence-electron chi connectivity index (χ1n) is 9.86. The van der Waals surface area contributed by atoms with Crippen molar-refractivity contribution in [3.05, 3.63) is 29.6 Å². The van der Waals surface area contributed by atoms with E-state index in [4.69, 9.17) is 9.47 Å². The predicted molar refractivity (Wildman–Crippen MR) is 97.9 cm³/mol. The van der Waals surface area contributed by atoms with Crippen LogP contribution in [0.5, 0.6) is 0 Å². The van der Waals surface area contributed by atoms with Crippen molar-refractivity contribution in [2.24, 2.45) is 0 Å². The molecule has 0 unspecified atom stereocenters. The molecule has 142 valence electrons. The zero-order valence-electron chi connectivity index (χ0n) is 15.7. The quantitative estimate of drug-likeness (QED) is 0.833. The van der Waals surface area contributed by atoms with Crippen LogP contribution in [-0.4, -0.2) is 65.3 Å². The number of ether oxygens (including phenoxy) is 2. The maximum Gasteiger partial charge on any atom is 0.320 e. The Morgan fingerprint density at radius 1 is 1.27 bits per heavy atom. The Bertz CT molecular complexity index is 647.